The minimum Gasteiger partial charge on any atom is -0.337 e. The molecule has 0 N–H and O–H groups in total. The quantitative estimate of drug-likeness (QED) is 0.253. The molecule has 2 heterocycles. The van der Waals surface area contributed by atoms with E-state index in [4.69, 9.17) is 0 Å². The van der Waals surface area contributed by atoms with Gasteiger partial charge in [0.2, 0.25) is 0 Å². The van der Waals surface area contributed by atoms with Gasteiger partial charge < -0.3 is 4.90 Å². The average molecular weight is 653 g/mol. The first-order valence-electron chi connectivity index (χ1n) is 19.4. The third-order valence-electron chi connectivity index (χ3n) is 13.2. The minimum absolute atomic E-state index is 0.337. The van der Waals surface area contributed by atoms with Crippen molar-refractivity contribution in [3.8, 4) is 11.1 Å². The summed E-state index contributed by atoms with van der Waals surface area (Å²) in [6.07, 6.45) is 34.8. The zero-order valence-electron chi connectivity index (χ0n) is 29.0. The van der Waals surface area contributed by atoms with E-state index in [9.17, 15) is 0 Å². The van der Waals surface area contributed by atoms with Gasteiger partial charge in [0.15, 0.2) is 0 Å². The highest BCUT2D eigenvalue weighted by Gasteiger charge is 2.52. The lowest BCUT2D eigenvalue weighted by Gasteiger charge is -2.44. The third-order valence-corrected chi connectivity index (χ3v) is 13.2. The smallest absolute Gasteiger partial charge is 0.0626 e. The summed E-state index contributed by atoms with van der Waals surface area (Å²) in [6, 6.07) is 33.5. The summed E-state index contributed by atoms with van der Waals surface area (Å²) in [5.74, 6) is 2.39. The summed E-state index contributed by atoms with van der Waals surface area (Å²) < 4.78 is 0. The van der Waals surface area contributed by atoms with E-state index in [0.717, 1.165) is 18.8 Å². The number of hydrogen-bond donors (Lipinski definition) is 0. The summed E-state index contributed by atoms with van der Waals surface area (Å²) in [5.41, 5.74) is 11.7. The van der Waals surface area contributed by atoms with Crippen LogP contribution in [-0.2, 0) is 0 Å². The predicted octanol–water partition coefficient (Wildman–Crippen LogP) is 11.1. The fourth-order valence-corrected chi connectivity index (χ4v) is 11.0. The summed E-state index contributed by atoms with van der Waals surface area (Å²) >= 11 is 0. The summed E-state index contributed by atoms with van der Waals surface area (Å²) in [5, 5.41) is 0. The second kappa shape index (κ2) is 12.7. The van der Waals surface area contributed by atoms with Crippen LogP contribution in [0.4, 0.5) is 5.69 Å². The second-order valence-corrected chi connectivity index (χ2v) is 15.7. The number of allylic oxidation sites excluding steroid dienone is 7. The first-order chi connectivity index (χ1) is 24.8. The molecule has 250 valence electrons. The van der Waals surface area contributed by atoms with Crippen molar-refractivity contribution in [2.45, 2.75) is 81.5 Å². The molecule has 1 saturated heterocycles. The summed E-state index contributed by atoms with van der Waals surface area (Å²) in [6.45, 7) is 0. The molecule has 0 spiro atoms. The van der Waals surface area contributed by atoms with Crippen molar-refractivity contribution in [3.05, 3.63) is 174 Å². The Hall–Kier alpha value is -4.40. The Morgan fingerprint density at radius 3 is 2.32 bits per heavy atom. The van der Waals surface area contributed by atoms with Gasteiger partial charge in [-0.3, -0.25) is 4.90 Å². The van der Waals surface area contributed by atoms with Crippen LogP contribution in [0.15, 0.2) is 168 Å². The van der Waals surface area contributed by atoms with Gasteiger partial charge in [-0.1, -0.05) is 140 Å². The molecule has 3 aromatic rings. The van der Waals surface area contributed by atoms with Gasteiger partial charge in [-0.05, 0) is 102 Å². The molecule has 0 bridgehead atoms. The Morgan fingerprint density at radius 1 is 0.660 bits per heavy atom. The van der Waals surface area contributed by atoms with Crippen LogP contribution in [0.5, 0.6) is 0 Å². The molecule has 0 amide bonds. The highest BCUT2D eigenvalue weighted by atomic mass is 15.3. The zero-order valence-corrected chi connectivity index (χ0v) is 29.0. The summed E-state index contributed by atoms with van der Waals surface area (Å²) in [7, 11) is 0. The molecule has 50 heavy (non-hydrogen) atoms. The molecule has 2 aliphatic heterocycles. The number of fused-ring (bicyclic) bond motifs is 5. The van der Waals surface area contributed by atoms with Crippen LogP contribution in [-0.4, -0.2) is 29.1 Å². The second-order valence-electron chi connectivity index (χ2n) is 15.7. The molecule has 0 radical (unpaired) electrons. The molecule has 5 aliphatic carbocycles. The van der Waals surface area contributed by atoms with Crippen LogP contribution in [0.2, 0.25) is 0 Å². The monoisotopic (exact) mass is 652 g/mol. The van der Waals surface area contributed by atoms with E-state index in [-0.39, 0.29) is 0 Å². The summed E-state index contributed by atoms with van der Waals surface area (Å²) in [4.78, 5) is 5.72. The topological polar surface area (TPSA) is 6.48 Å². The van der Waals surface area contributed by atoms with Crippen LogP contribution < -0.4 is 4.90 Å². The Kier molecular flexibility index (Phi) is 7.75. The van der Waals surface area contributed by atoms with Crippen LogP contribution in [0, 0.1) is 17.8 Å². The molecule has 8 unspecified atom stereocenters. The highest BCUT2D eigenvalue weighted by Crippen LogP contribution is 2.53. The number of benzene rings is 3. The molecule has 2 fully saturated rings. The maximum absolute atomic E-state index is 3.06. The minimum atomic E-state index is 0.337. The van der Waals surface area contributed by atoms with Gasteiger partial charge in [0, 0.05) is 41.3 Å². The zero-order chi connectivity index (χ0) is 33.0. The Morgan fingerprint density at radius 2 is 1.46 bits per heavy atom. The van der Waals surface area contributed by atoms with E-state index in [1.54, 1.807) is 22.3 Å². The van der Waals surface area contributed by atoms with Gasteiger partial charge in [-0.25, -0.2) is 0 Å². The van der Waals surface area contributed by atoms with Crippen LogP contribution in [0.25, 0.3) is 11.1 Å². The Labute approximate surface area is 298 Å². The molecular weight excluding hydrogens is 605 g/mol. The first-order valence-corrected chi connectivity index (χ1v) is 19.4. The molecule has 0 aromatic heterocycles. The van der Waals surface area contributed by atoms with E-state index in [1.165, 1.54) is 61.0 Å². The van der Waals surface area contributed by atoms with Gasteiger partial charge in [0.25, 0.3) is 0 Å². The number of hydrogen-bond acceptors (Lipinski definition) is 2. The van der Waals surface area contributed by atoms with Crippen molar-refractivity contribution in [1.29, 1.82) is 0 Å². The van der Waals surface area contributed by atoms with Crippen LogP contribution >= 0.6 is 0 Å². The Bertz CT molecular complexity index is 1950. The number of anilines is 1. The number of likely N-dealkylation sites (tertiary alicyclic amines) is 1. The van der Waals surface area contributed by atoms with Gasteiger partial charge >= 0.3 is 0 Å². The predicted molar refractivity (Wildman–Crippen MR) is 208 cm³/mol. The maximum Gasteiger partial charge on any atom is 0.0626 e. The van der Waals surface area contributed by atoms with Crippen LogP contribution in [0.3, 0.4) is 0 Å². The largest absolute Gasteiger partial charge is 0.337 e. The molecule has 2 nitrogen and oxygen atoms in total. The van der Waals surface area contributed by atoms with Gasteiger partial charge in [0.1, 0.15) is 0 Å². The lowest BCUT2D eigenvalue weighted by molar-refractivity contribution is 0.112. The van der Waals surface area contributed by atoms with E-state index in [1.807, 2.05) is 0 Å². The highest BCUT2D eigenvalue weighted by molar-refractivity contribution is 5.70. The lowest BCUT2D eigenvalue weighted by Crippen LogP contribution is -2.48. The SMILES string of the molecule is C1=CC2C3=C(CCC(C4=CC=CC5C6CCC=CC6N(C6CCCC(c7ccccc7)C6)C45)=C3)N(c3ccc(-c4ccccc4)cc3)C2C=C1. The van der Waals surface area contributed by atoms with Crippen molar-refractivity contribution >= 4 is 5.69 Å². The number of nitrogens with zero attached hydrogens (tertiary/aromatic N) is 2. The Balaban J connectivity index is 0.995. The van der Waals surface area contributed by atoms with Crippen molar-refractivity contribution in [3.63, 3.8) is 0 Å². The standard InChI is InChI=1S/C48H48N2/c1-3-13-33(14-4-1)35-25-28-38(29-26-35)49-45-23-9-8-20-42(45)44-32-37(27-30-47(44)49)40-21-12-22-43-41-19-7-10-24-46(41)50(48(40)43)39-18-11-17-36(31-39)34-15-5-2-6-16-34/h1-6,8-10,12-16,20-26,28-29,32,36,39,41-43,45-46,48H,7,11,17-19,27,30-31H2. The first kappa shape index (κ1) is 30.4. The average Bonchev–Trinajstić information content (AvgIpc) is 3.71. The van der Waals surface area contributed by atoms with Crippen LogP contribution in [0.1, 0.15) is 62.8 Å². The van der Waals surface area contributed by atoms with Crippen molar-refractivity contribution in [2.75, 3.05) is 4.90 Å². The number of rotatable bonds is 5. The molecule has 8 atom stereocenters. The molecule has 2 heteroatoms. The van der Waals surface area contributed by atoms with E-state index in [0.29, 0.717) is 41.9 Å². The molecular formula is C48H48N2. The van der Waals surface area contributed by atoms with Gasteiger partial charge in [-0.2, -0.15) is 0 Å². The molecule has 3 aromatic carbocycles. The maximum atomic E-state index is 3.06. The van der Waals surface area contributed by atoms with Gasteiger partial charge in [-0.15, -0.1) is 0 Å². The van der Waals surface area contributed by atoms with Crippen molar-refractivity contribution < 1.29 is 0 Å². The van der Waals surface area contributed by atoms with Crippen molar-refractivity contribution in [1.82, 2.24) is 4.90 Å². The molecule has 7 aliphatic rings. The van der Waals surface area contributed by atoms with E-state index < -0.39 is 0 Å². The van der Waals surface area contributed by atoms with E-state index in [2.05, 4.69) is 155 Å². The van der Waals surface area contributed by atoms with Gasteiger partial charge in [0.05, 0.1) is 6.04 Å². The van der Waals surface area contributed by atoms with E-state index >= 15 is 0 Å². The fraction of sp³-hybridized carbons (Fsp3) is 0.333. The normalized spacial score (nSPS) is 32.7. The third kappa shape index (κ3) is 5.10. The lowest BCUT2D eigenvalue weighted by atomic mass is 9.74. The fourth-order valence-electron chi connectivity index (χ4n) is 11.0. The van der Waals surface area contributed by atoms with Crippen molar-refractivity contribution in [2.24, 2.45) is 17.8 Å². The molecule has 10 rings (SSSR count). The molecule has 1 saturated carbocycles.